The average molecular weight is 378 g/mol. The summed E-state index contributed by atoms with van der Waals surface area (Å²) in [5.74, 6) is 0.660. The zero-order chi connectivity index (χ0) is 19.8. The van der Waals surface area contributed by atoms with E-state index in [4.69, 9.17) is 9.15 Å². The van der Waals surface area contributed by atoms with Crippen molar-refractivity contribution in [3.05, 3.63) is 84.3 Å². The largest absolute Gasteiger partial charge is 0.481 e. The van der Waals surface area contributed by atoms with E-state index in [1.54, 1.807) is 54.8 Å². The van der Waals surface area contributed by atoms with Crippen LogP contribution in [0.2, 0.25) is 0 Å². The van der Waals surface area contributed by atoms with Crippen LogP contribution in [0.1, 0.15) is 29.5 Å². The molecule has 0 fully saturated rings. The van der Waals surface area contributed by atoms with Crippen LogP contribution in [0.15, 0.2) is 77.4 Å². The third kappa shape index (κ3) is 5.01. The van der Waals surface area contributed by atoms with Crippen LogP contribution in [0, 0.1) is 0 Å². The summed E-state index contributed by atoms with van der Waals surface area (Å²) in [7, 11) is 0. The van der Waals surface area contributed by atoms with Crippen molar-refractivity contribution in [2.75, 3.05) is 5.32 Å². The fraction of sp³-hybridized carbons (Fsp3) is 0.182. The van der Waals surface area contributed by atoms with Crippen LogP contribution in [0.25, 0.3) is 0 Å². The Bertz CT molecular complexity index is 907. The lowest BCUT2D eigenvalue weighted by molar-refractivity contribution is -0.122. The van der Waals surface area contributed by atoms with Gasteiger partial charge < -0.3 is 19.8 Å². The van der Waals surface area contributed by atoms with Gasteiger partial charge >= 0.3 is 0 Å². The Morgan fingerprint density at radius 3 is 2.46 bits per heavy atom. The molecule has 2 aromatic carbocycles. The summed E-state index contributed by atoms with van der Waals surface area (Å²) < 4.78 is 11.0. The van der Waals surface area contributed by atoms with Gasteiger partial charge in [-0.05, 0) is 42.8 Å². The zero-order valence-electron chi connectivity index (χ0n) is 15.6. The normalized spacial score (nSPS) is 11.5. The van der Waals surface area contributed by atoms with Gasteiger partial charge in [-0.25, -0.2) is 0 Å². The maximum atomic E-state index is 12.7. The van der Waals surface area contributed by atoms with E-state index < -0.39 is 6.10 Å². The molecule has 144 valence electrons. The quantitative estimate of drug-likeness (QED) is 0.621. The summed E-state index contributed by atoms with van der Waals surface area (Å²) in [5, 5.41) is 5.59. The van der Waals surface area contributed by atoms with Crippen LogP contribution < -0.4 is 15.4 Å². The molecular formula is C22H22N2O4. The standard InChI is InChI=1S/C22H22N2O4/c1-2-20(28-16-9-4-3-5-10-16)22(26)24-19-13-7-6-12-18(19)21(25)23-15-17-11-8-14-27-17/h3-14,20H,2,15H2,1H3,(H,23,25)(H,24,26)/t20-/m0/s1. The van der Waals surface area contributed by atoms with Crippen molar-refractivity contribution in [1.29, 1.82) is 0 Å². The zero-order valence-corrected chi connectivity index (χ0v) is 15.6. The minimum Gasteiger partial charge on any atom is -0.481 e. The van der Waals surface area contributed by atoms with E-state index in [-0.39, 0.29) is 18.4 Å². The number of carbonyl (C=O) groups is 2. The number of amides is 2. The maximum absolute atomic E-state index is 12.7. The number of ether oxygens (including phenoxy) is 1. The lowest BCUT2D eigenvalue weighted by Crippen LogP contribution is -2.33. The molecule has 1 aromatic heterocycles. The maximum Gasteiger partial charge on any atom is 0.265 e. The fourth-order valence-electron chi connectivity index (χ4n) is 2.66. The second kappa shape index (κ2) is 9.41. The van der Waals surface area contributed by atoms with E-state index in [9.17, 15) is 9.59 Å². The van der Waals surface area contributed by atoms with Crippen molar-refractivity contribution in [2.24, 2.45) is 0 Å². The molecular weight excluding hydrogens is 356 g/mol. The number of para-hydroxylation sites is 2. The molecule has 2 N–H and O–H groups in total. The molecule has 1 heterocycles. The van der Waals surface area contributed by atoms with Crippen molar-refractivity contribution in [3.63, 3.8) is 0 Å². The minimum absolute atomic E-state index is 0.267. The predicted octanol–water partition coefficient (Wildman–Crippen LogP) is 4.01. The van der Waals surface area contributed by atoms with Crippen LogP contribution in [0.5, 0.6) is 5.75 Å². The molecule has 1 atom stereocenters. The topological polar surface area (TPSA) is 80.6 Å². The van der Waals surface area contributed by atoms with Gasteiger partial charge in [-0.15, -0.1) is 0 Å². The molecule has 0 spiro atoms. The van der Waals surface area contributed by atoms with Gasteiger partial charge in [-0.3, -0.25) is 9.59 Å². The fourth-order valence-corrected chi connectivity index (χ4v) is 2.66. The van der Waals surface area contributed by atoms with E-state index >= 15 is 0 Å². The minimum atomic E-state index is -0.665. The summed E-state index contributed by atoms with van der Waals surface area (Å²) in [5.41, 5.74) is 0.802. The Morgan fingerprint density at radius 1 is 1.00 bits per heavy atom. The van der Waals surface area contributed by atoms with Crippen LogP contribution in [0.4, 0.5) is 5.69 Å². The first kappa shape index (κ1) is 19.2. The van der Waals surface area contributed by atoms with Gasteiger partial charge in [0, 0.05) is 0 Å². The molecule has 0 radical (unpaired) electrons. The molecule has 0 aliphatic heterocycles. The number of nitrogens with one attached hydrogen (secondary N) is 2. The van der Waals surface area contributed by atoms with Crippen molar-refractivity contribution in [2.45, 2.75) is 26.0 Å². The van der Waals surface area contributed by atoms with E-state index in [0.717, 1.165) is 0 Å². The van der Waals surface area contributed by atoms with Gasteiger partial charge in [-0.2, -0.15) is 0 Å². The van der Waals surface area contributed by atoms with Crippen LogP contribution >= 0.6 is 0 Å². The molecule has 0 aliphatic rings. The Labute approximate surface area is 163 Å². The second-order valence-electron chi connectivity index (χ2n) is 6.12. The summed E-state index contributed by atoms with van der Waals surface area (Å²) in [6, 6.07) is 19.6. The SMILES string of the molecule is CC[C@H](Oc1ccccc1)C(=O)Nc1ccccc1C(=O)NCc1ccco1. The average Bonchev–Trinajstić information content (AvgIpc) is 3.25. The lowest BCUT2D eigenvalue weighted by atomic mass is 10.1. The molecule has 28 heavy (non-hydrogen) atoms. The molecule has 6 nitrogen and oxygen atoms in total. The summed E-state index contributed by atoms with van der Waals surface area (Å²) in [6.45, 7) is 2.14. The number of hydrogen-bond acceptors (Lipinski definition) is 4. The van der Waals surface area contributed by atoms with Crippen LogP contribution in [-0.2, 0) is 11.3 Å². The number of benzene rings is 2. The highest BCUT2D eigenvalue weighted by atomic mass is 16.5. The van der Waals surface area contributed by atoms with Gasteiger partial charge in [0.05, 0.1) is 24.1 Å². The van der Waals surface area contributed by atoms with Gasteiger partial charge in [-0.1, -0.05) is 37.3 Å². The number of hydrogen-bond donors (Lipinski definition) is 2. The van der Waals surface area contributed by atoms with E-state index in [2.05, 4.69) is 10.6 Å². The molecule has 6 heteroatoms. The Morgan fingerprint density at radius 2 is 1.75 bits per heavy atom. The smallest absolute Gasteiger partial charge is 0.265 e. The van der Waals surface area contributed by atoms with Crippen LogP contribution in [-0.4, -0.2) is 17.9 Å². The van der Waals surface area contributed by atoms with Crippen molar-refractivity contribution in [1.82, 2.24) is 5.32 Å². The molecule has 3 aromatic rings. The third-order valence-electron chi connectivity index (χ3n) is 4.12. The third-order valence-corrected chi connectivity index (χ3v) is 4.12. The van der Waals surface area contributed by atoms with Gasteiger partial charge in [0.2, 0.25) is 0 Å². The predicted molar refractivity (Wildman–Crippen MR) is 106 cm³/mol. The second-order valence-corrected chi connectivity index (χ2v) is 6.12. The molecule has 2 amide bonds. The Kier molecular flexibility index (Phi) is 6.46. The number of rotatable bonds is 8. The van der Waals surface area contributed by atoms with Gasteiger partial charge in [0.25, 0.3) is 11.8 Å². The highest BCUT2D eigenvalue weighted by molar-refractivity contribution is 6.04. The molecule has 0 saturated carbocycles. The summed E-state index contributed by atoms with van der Waals surface area (Å²) >= 11 is 0. The summed E-state index contributed by atoms with van der Waals surface area (Å²) in [4.78, 5) is 25.2. The molecule has 0 bridgehead atoms. The van der Waals surface area contributed by atoms with Crippen LogP contribution in [0.3, 0.4) is 0 Å². The molecule has 0 unspecified atom stereocenters. The lowest BCUT2D eigenvalue weighted by Gasteiger charge is -2.18. The molecule has 0 aliphatic carbocycles. The van der Waals surface area contributed by atoms with Crippen molar-refractivity contribution in [3.8, 4) is 5.75 Å². The van der Waals surface area contributed by atoms with Crippen molar-refractivity contribution < 1.29 is 18.7 Å². The first-order valence-corrected chi connectivity index (χ1v) is 9.09. The monoisotopic (exact) mass is 378 g/mol. The molecule has 3 rings (SSSR count). The highest BCUT2D eigenvalue weighted by Crippen LogP contribution is 2.18. The van der Waals surface area contributed by atoms with E-state index in [1.807, 2.05) is 25.1 Å². The first-order valence-electron chi connectivity index (χ1n) is 9.09. The van der Waals surface area contributed by atoms with E-state index in [1.165, 1.54) is 0 Å². The first-order chi connectivity index (χ1) is 13.7. The Balaban J connectivity index is 1.67. The number of anilines is 1. The molecule has 0 saturated heterocycles. The number of furan rings is 1. The summed E-state index contributed by atoms with van der Waals surface area (Å²) in [6.07, 6.45) is 1.38. The highest BCUT2D eigenvalue weighted by Gasteiger charge is 2.21. The van der Waals surface area contributed by atoms with Crippen molar-refractivity contribution >= 4 is 17.5 Å². The van der Waals surface area contributed by atoms with Gasteiger partial charge in [0.15, 0.2) is 6.10 Å². The van der Waals surface area contributed by atoms with E-state index in [0.29, 0.717) is 29.2 Å². The van der Waals surface area contributed by atoms with Gasteiger partial charge in [0.1, 0.15) is 11.5 Å². The Hall–Kier alpha value is -3.54. The number of carbonyl (C=O) groups excluding carboxylic acids is 2.